The van der Waals surface area contributed by atoms with Gasteiger partial charge in [-0.3, -0.25) is 4.79 Å². The Morgan fingerprint density at radius 1 is 1.10 bits per heavy atom. The highest BCUT2D eigenvalue weighted by Crippen LogP contribution is 2.12. The molecule has 0 heterocycles. The fourth-order valence-corrected chi connectivity index (χ4v) is 1.78. The molecule has 0 saturated carbocycles. The van der Waals surface area contributed by atoms with Crippen LogP contribution in [0.15, 0.2) is 42.5 Å². The average Bonchev–Trinajstić information content (AvgIpc) is 2.44. The molecule has 0 aromatic heterocycles. The number of rotatable bonds is 4. The zero-order chi connectivity index (χ0) is 14.5. The van der Waals surface area contributed by atoms with Crippen molar-refractivity contribution in [1.82, 2.24) is 5.32 Å². The Morgan fingerprint density at radius 2 is 1.85 bits per heavy atom. The van der Waals surface area contributed by atoms with Crippen LogP contribution in [0.5, 0.6) is 0 Å². The van der Waals surface area contributed by atoms with Crippen molar-refractivity contribution < 1.29 is 13.6 Å². The van der Waals surface area contributed by atoms with Crippen LogP contribution in [0.3, 0.4) is 0 Å². The van der Waals surface area contributed by atoms with E-state index in [1.54, 1.807) is 18.2 Å². The Labute approximate surface area is 115 Å². The standard InChI is InChI=1S/C15H14F2N2O/c16-12-4-2-1-3-10(12)7-8-19-15(20)11-5-6-14(18)13(17)9-11/h1-6,9H,7-8,18H2,(H,19,20). The lowest BCUT2D eigenvalue weighted by Crippen LogP contribution is -2.26. The predicted molar refractivity (Wildman–Crippen MR) is 73.2 cm³/mol. The molecule has 0 spiro atoms. The number of halogens is 2. The van der Waals surface area contributed by atoms with Gasteiger partial charge >= 0.3 is 0 Å². The molecule has 0 radical (unpaired) electrons. The van der Waals surface area contributed by atoms with E-state index in [0.29, 0.717) is 12.0 Å². The number of benzene rings is 2. The first kappa shape index (κ1) is 14.0. The molecule has 0 bridgehead atoms. The van der Waals surface area contributed by atoms with Crippen LogP contribution in [-0.2, 0) is 6.42 Å². The molecule has 0 aliphatic carbocycles. The van der Waals surface area contributed by atoms with E-state index in [4.69, 9.17) is 5.73 Å². The van der Waals surface area contributed by atoms with Crippen LogP contribution in [0.1, 0.15) is 15.9 Å². The lowest BCUT2D eigenvalue weighted by molar-refractivity contribution is 0.0953. The summed E-state index contributed by atoms with van der Waals surface area (Å²) in [6, 6.07) is 10.2. The van der Waals surface area contributed by atoms with Crippen molar-refractivity contribution in [3.8, 4) is 0 Å². The molecule has 5 heteroatoms. The fraction of sp³-hybridized carbons (Fsp3) is 0.133. The summed E-state index contributed by atoms with van der Waals surface area (Å²) in [7, 11) is 0. The summed E-state index contributed by atoms with van der Waals surface area (Å²) >= 11 is 0. The zero-order valence-electron chi connectivity index (χ0n) is 10.7. The monoisotopic (exact) mass is 276 g/mol. The minimum Gasteiger partial charge on any atom is -0.396 e. The Balaban J connectivity index is 1.92. The van der Waals surface area contributed by atoms with E-state index in [1.165, 1.54) is 18.2 Å². The number of nitrogens with one attached hydrogen (secondary N) is 1. The number of nitrogens with two attached hydrogens (primary N) is 1. The maximum Gasteiger partial charge on any atom is 0.251 e. The smallest absolute Gasteiger partial charge is 0.251 e. The van der Waals surface area contributed by atoms with E-state index in [-0.39, 0.29) is 23.6 Å². The molecule has 0 aliphatic heterocycles. The van der Waals surface area contributed by atoms with Gasteiger partial charge in [0, 0.05) is 12.1 Å². The van der Waals surface area contributed by atoms with Crippen molar-refractivity contribution in [3.63, 3.8) is 0 Å². The van der Waals surface area contributed by atoms with Gasteiger partial charge in [-0.05, 0) is 36.2 Å². The average molecular weight is 276 g/mol. The number of hydrogen-bond donors (Lipinski definition) is 2. The van der Waals surface area contributed by atoms with Gasteiger partial charge in [-0.2, -0.15) is 0 Å². The van der Waals surface area contributed by atoms with Crippen LogP contribution in [0.2, 0.25) is 0 Å². The van der Waals surface area contributed by atoms with E-state index in [0.717, 1.165) is 6.07 Å². The molecule has 2 rings (SSSR count). The summed E-state index contributed by atoms with van der Waals surface area (Å²) in [6.45, 7) is 0.270. The SMILES string of the molecule is Nc1ccc(C(=O)NCCc2ccccc2F)cc1F. The third-order valence-electron chi connectivity index (χ3n) is 2.90. The zero-order valence-corrected chi connectivity index (χ0v) is 10.7. The van der Waals surface area contributed by atoms with E-state index < -0.39 is 11.7 Å². The second kappa shape index (κ2) is 6.14. The molecule has 2 aromatic carbocycles. The summed E-state index contributed by atoms with van der Waals surface area (Å²) in [5.74, 6) is -1.35. The predicted octanol–water partition coefficient (Wildman–Crippen LogP) is 2.52. The van der Waals surface area contributed by atoms with Gasteiger partial charge in [0.05, 0.1) is 5.69 Å². The summed E-state index contributed by atoms with van der Waals surface area (Å²) < 4.78 is 26.6. The molecule has 0 saturated heterocycles. The van der Waals surface area contributed by atoms with Crippen LogP contribution in [0, 0.1) is 11.6 Å². The number of carbonyl (C=O) groups is 1. The second-order valence-corrected chi connectivity index (χ2v) is 4.33. The van der Waals surface area contributed by atoms with Crippen molar-refractivity contribution in [2.75, 3.05) is 12.3 Å². The van der Waals surface area contributed by atoms with Crippen molar-refractivity contribution in [3.05, 3.63) is 65.2 Å². The van der Waals surface area contributed by atoms with Crippen LogP contribution in [0.25, 0.3) is 0 Å². The molecule has 1 amide bonds. The van der Waals surface area contributed by atoms with Crippen LogP contribution < -0.4 is 11.1 Å². The molecule has 3 nitrogen and oxygen atoms in total. The molecule has 3 N–H and O–H groups in total. The molecular formula is C15H14F2N2O. The highest BCUT2D eigenvalue weighted by atomic mass is 19.1. The molecule has 20 heavy (non-hydrogen) atoms. The van der Waals surface area contributed by atoms with E-state index >= 15 is 0 Å². The van der Waals surface area contributed by atoms with Crippen molar-refractivity contribution >= 4 is 11.6 Å². The molecule has 0 unspecified atom stereocenters. The first-order chi connectivity index (χ1) is 9.58. The number of anilines is 1. The minimum absolute atomic E-state index is 0.00657. The van der Waals surface area contributed by atoms with Crippen LogP contribution in [0.4, 0.5) is 14.5 Å². The number of nitrogen functional groups attached to an aromatic ring is 1. The minimum atomic E-state index is -0.633. The summed E-state index contributed by atoms with van der Waals surface area (Å²) in [5.41, 5.74) is 6.04. The molecular weight excluding hydrogens is 262 g/mol. The van der Waals surface area contributed by atoms with Crippen molar-refractivity contribution in [1.29, 1.82) is 0 Å². The molecule has 2 aromatic rings. The molecule has 0 fully saturated rings. The third kappa shape index (κ3) is 3.32. The maximum atomic E-state index is 13.4. The first-order valence-electron chi connectivity index (χ1n) is 6.14. The number of carbonyl (C=O) groups excluding carboxylic acids is 1. The lowest BCUT2D eigenvalue weighted by Gasteiger charge is -2.07. The van der Waals surface area contributed by atoms with Crippen LogP contribution in [-0.4, -0.2) is 12.5 Å². The van der Waals surface area contributed by atoms with E-state index in [9.17, 15) is 13.6 Å². The van der Waals surface area contributed by atoms with Crippen molar-refractivity contribution in [2.45, 2.75) is 6.42 Å². The highest BCUT2D eigenvalue weighted by Gasteiger charge is 2.08. The summed E-state index contributed by atoms with van der Waals surface area (Å²) in [6.07, 6.45) is 0.371. The van der Waals surface area contributed by atoms with Gasteiger partial charge in [0.1, 0.15) is 11.6 Å². The molecule has 104 valence electrons. The van der Waals surface area contributed by atoms with Gasteiger partial charge in [0.25, 0.3) is 5.91 Å². The van der Waals surface area contributed by atoms with E-state index in [2.05, 4.69) is 5.32 Å². The number of amides is 1. The van der Waals surface area contributed by atoms with Gasteiger partial charge in [-0.25, -0.2) is 8.78 Å². The van der Waals surface area contributed by atoms with Crippen molar-refractivity contribution in [2.24, 2.45) is 0 Å². The Hall–Kier alpha value is -2.43. The third-order valence-corrected chi connectivity index (χ3v) is 2.90. The Kier molecular flexibility index (Phi) is 4.30. The fourth-order valence-electron chi connectivity index (χ4n) is 1.78. The molecule has 0 atom stereocenters. The maximum absolute atomic E-state index is 13.4. The lowest BCUT2D eigenvalue weighted by atomic mass is 10.1. The van der Waals surface area contributed by atoms with E-state index in [1.807, 2.05) is 0 Å². The first-order valence-corrected chi connectivity index (χ1v) is 6.14. The quantitative estimate of drug-likeness (QED) is 0.843. The van der Waals surface area contributed by atoms with Gasteiger partial charge in [-0.15, -0.1) is 0 Å². The summed E-state index contributed by atoms with van der Waals surface area (Å²) in [5, 5.41) is 2.61. The Morgan fingerprint density at radius 3 is 2.55 bits per heavy atom. The summed E-state index contributed by atoms with van der Waals surface area (Å²) in [4.78, 5) is 11.8. The van der Waals surface area contributed by atoms with Gasteiger partial charge < -0.3 is 11.1 Å². The normalized spacial score (nSPS) is 10.3. The Bertz CT molecular complexity index is 629. The van der Waals surface area contributed by atoms with Gasteiger partial charge in [-0.1, -0.05) is 18.2 Å². The topological polar surface area (TPSA) is 55.1 Å². The van der Waals surface area contributed by atoms with Gasteiger partial charge in [0.2, 0.25) is 0 Å². The molecule has 0 aliphatic rings. The largest absolute Gasteiger partial charge is 0.396 e. The van der Waals surface area contributed by atoms with Crippen LogP contribution >= 0.6 is 0 Å². The van der Waals surface area contributed by atoms with Gasteiger partial charge in [0.15, 0.2) is 0 Å². The number of hydrogen-bond acceptors (Lipinski definition) is 2. The second-order valence-electron chi connectivity index (χ2n) is 4.33. The highest BCUT2D eigenvalue weighted by molar-refractivity contribution is 5.94.